The van der Waals surface area contributed by atoms with E-state index in [1.165, 1.54) is 63.5 Å². The minimum atomic E-state index is 0.636. The molecule has 3 rings (SSSR count). The molecule has 19 heavy (non-hydrogen) atoms. The van der Waals surface area contributed by atoms with Gasteiger partial charge in [-0.25, -0.2) is 4.98 Å². The van der Waals surface area contributed by atoms with Gasteiger partial charge in [0.1, 0.15) is 0 Å². The predicted octanol–water partition coefficient (Wildman–Crippen LogP) is 3.25. The molecule has 0 radical (unpaired) electrons. The lowest BCUT2D eigenvalue weighted by Crippen LogP contribution is -2.37. The Kier molecular flexibility index (Phi) is 4.21. The summed E-state index contributed by atoms with van der Waals surface area (Å²) in [5.41, 5.74) is 2.92. The van der Waals surface area contributed by atoms with Gasteiger partial charge in [-0.2, -0.15) is 0 Å². The van der Waals surface area contributed by atoms with E-state index in [-0.39, 0.29) is 0 Å². The number of aromatic nitrogens is 2. The zero-order valence-electron chi connectivity index (χ0n) is 12.2. The van der Waals surface area contributed by atoms with Crippen molar-refractivity contribution in [2.24, 2.45) is 0 Å². The third kappa shape index (κ3) is 2.71. The first kappa shape index (κ1) is 13.2. The SMILES string of the molecule is CCNC1CCCCCC1n1cnc2c1CCCC2. The van der Waals surface area contributed by atoms with E-state index >= 15 is 0 Å². The van der Waals surface area contributed by atoms with Crippen molar-refractivity contribution in [1.82, 2.24) is 14.9 Å². The van der Waals surface area contributed by atoms with Gasteiger partial charge in [-0.3, -0.25) is 0 Å². The molecule has 3 nitrogen and oxygen atoms in total. The fraction of sp³-hybridized carbons (Fsp3) is 0.812. The lowest BCUT2D eigenvalue weighted by Gasteiger charge is -2.29. The molecule has 1 saturated carbocycles. The Balaban J connectivity index is 1.86. The molecule has 1 fully saturated rings. The van der Waals surface area contributed by atoms with Crippen LogP contribution in [0.2, 0.25) is 0 Å². The highest BCUT2D eigenvalue weighted by atomic mass is 15.1. The van der Waals surface area contributed by atoms with Crippen LogP contribution in [0.3, 0.4) is 0 Å². The summed E-state index contributed by atoms with van der Waals surface area (Å²) >= 11 is 0. The third-order valence-electron chi connectivity index (χ3n) is 4.86. The maximum atomic E-state index is 4.69. The number of imidazole rings is 1. The lowest BCUT2D eigenvalue weighted by atomic mass is 9.98. The maximum absolute atomic E-state index is 4.69. The van der Waals surface area contributed by atoms with Gasteiger partial charge in [-0.05, 0) is 45.1 Å². The molecule has 0 spiro atoms. The van der Waals surface area contributed by atoms with Gasteiger partial charge in [-0.1, -0.05) is 26.2 Å². The Morgan fingerprint density at radius 1 is 1.16 bits per heavy atom. The molecule has 3 heteroatoms. The second-order valence-electron chi connectivity index (χ2n) is 6.12. The predicted molar refractivity (Wildman–Crippen MR) is 78.5 cm³/mol. The molecule has 0 aromatic carbocycles. The Labute approximate surface area is 116 Å². The van der Waals surface area contributed by atoms with Gasteiger partial charge in [0, 0.05) is 11.7 Å². The van der Waals surface area contributed by atoms with E-state index in [1.54, 1.807) is 5.69 Å². The second kappa shape index (κ2) is 6.08. The van der Waals surface area contributed by atoms with Crippen LogP contribution in [0.1, 0.15) is 69.3 Å². The van der Waals surface area contributed by atoms with Gasteiger partial charge in [-0.15, -0.1) is 0 Å². The van der Waals surface area contributed by atoms with Crippen LogP contribution < -0.4 is 5.32 Å². The van der Waals surface area contributed by atoms with Gasteiger partial charge in [0.05, 0.1) is 18.1 Å². The van der Waals surface area contributed by atoms with Crippen LogP contribution in [0.4, 0.5) is 0 Å². The monoisotopic (exact) mass is 261 g/mol. The molecule has 0 amide bonds. The first-order chi connectivity index (χ1) is 9.40. The minimum absolute atomic E-state index is 0.636. The molecule has 1 heterocycles. The number of aryl methyl sites for hydroxylation is 1. The molecule has 2 aliphatic carbocycles. The number of rotatable bonds is 3. The van der Waals surface area contributed by atoms with Crippen molar-refractivity contribution in [3.63, 3.8) is 0 Å². The van der Waals surface area contributed by atoms with Crippen LogP contribution in [0, 0.1) is 0 Å². The Bertz CT molecular complexity index is 410. The van der Waals surface area contributed by atoms with Crippen molar-refractivity contribution in [2.75, 3.05) is 6.54 Å². The number of likely N-dealkylation sites (N-methyl/N-ethyl adjacent to an activating group) is 1. The van der Waals surface area contributed by atoms with Gasteiger partial charge >= 0.3 is 0 Å². The van der Waals surface area contributed by atoms with E-state index < -0.39 is 0 Å². The van der Waals surface area contributed by atoms with E-state index in [0.717, 1.165) is 6.54 Å². The van der Waals surface area contributed by atoms with E-state index in [4.69, 9.17) is 4.98 Å². The molecule has 1 aromatic heterocycles. The van der Waals surface area contributed by atoms with Crippen molar-refractivity contribution in [1.29, 1.82) is 0 Å². The molecule has 0 saturated heterocycles. The molecule has 1 N–H and O–H groups in total. The van der Waals surface area contributed by atoms with Crippen molar-refractivity contribution < 1.29 is 0 Å². The molecule has 2 aliphatic rings. The fourth-order valence-electron chi connectivity index (χ4n) is 3.90. The van der Waals surface area contributed by atoms with Crippen LogP contribution in [-0.4, -0.2) is 22.1 Å². The second-order valence-corrected chi connectivity index (χ2v) is 6.12. The molecular weight excluding hydrogens is 234 g/mol. The Hall–Kier alpha value is -0.830. The van der Waals surface area contributed by atoms with Crippen LogP contribution in [0.25, 0.3) is 0 Å². The number of hydrogen-bond donors (Lipinski definition) is 1. The molecule has 0 bridgehead atoms. The maximum Gasteiger partial charge on any atom is 0.0954 e. The molecule has 106 valence electrons. The quantitative estimate of drug-likeness (QED) is 0.847. The first-order valence-corrected chi connectivity index (χ1v) is 8.18. The van der Waals surface area contributed by atoms with E-state index in [0.29, 0.717) is 12.1 Å². The zero-order valence-corrected chi connectivity index (χ0v) is 12.2. The summed E-state index contributed by atoms with van der Waals surface area (Å²) in [7, 11) is 0. The van der Waals surface area contributed by atoms with Crippen LogP contribution >= 0.6 is 0 Å². The van der Waals surface area contributed by atoms with E-state index in [2.05, 4.69) is 23.1 Å². The summed E-state index contributed by atoms with van der Waals surface area (Å²) in [4.78, 5) is 4.69. The number of fused-ring (bicyclic) bond motifs is 1. The van der Waals surface area contributed by atoms with E-state index in [9.17, 15) is 0 Å². The number of nitrogens with one attached hydrogen (secondary N) is 1. The van der Waals surface area contributed by atoms with E-state index in [1.807, 2.05) is 0 Å². The topological polar surface area (TPSA) is 29.9 Å². The van der Waals surface area contributed by atoms with Gasteiger partial charge in [0.15, 0.2) is 0 Å². The average molecular weight is 261 g/mol. The van der Waals surface area contributed by atoms with Crippen molar-refractivity contribution >= 4 is 0 Å². The van der Waals surface area contributed by atoms with Gasteiger partial charge < -0.3 is 9.88 Å². The highest BCUT2D eigenvalue weighted by Gasteiger charge is 2.27. The summed E-state index contributed by atoms with van der Waals surface area (Å²) in [6.07, 6.45) is 14.0. The fourth-order valence-corrected chi connectivity index (χ4v) is 3.90. The van der Waals surface area contributed by atoms with Crippen molar-refractivity contribution in [3.8, 4) is 0 Å². The molecule has 2 atom stereocenters. The summed E-state index contributed by atoms with van der Waals surface area (Å²) < 4.78 is 2.53. The van der Waals surface area contributed by atoms with Crippen LogP contribution in [0.15, 0.2) is 6.33 Å². The van der Waals surface area contributed by atoms with Crippen molar-refractivity contribution in [3.05, 3.63) is 17.7 Å². The highest BCUT2D eigenvalue weighted by Crippen LogP contribution is 2.31. The average Bonchev–Trinajstić information content (AvgIpc) is 2.73. The molecular formula is C16H27N3. The molecule has 2 unspecified atom stereocenters. The van der Waals surface area contributed by atoms with Gasteiger partial charge in [0.25, 0.3) is 0 Å². The van der Waals surface area contributed by atoms with Crippen LogP contribution in [0.5, 0.6) is 0 Å². The highest BCUT2D eigenvalue weighted by molar-refractivity contribution is 5.17. The summed E-state index contributed by atoms with van der Waals surface area (Å²) in [6, 6.07) is 1.28. The minimum Gasteiger partial charge on any atom is -0.330 e. The largest absolute Gasteiger partial charge is 0.330 e. The Morgan fingerprint density at radius 2 is 2.00 bits per heavy atom. The zero-order chi connectivity index (χ0) is 13.1. The molecule has 0 aliphatic heterocycles. The summed E-state index contributed by atoms with van der Waals surface area (Å²) in [6.45, 7) is 3.31. The summed E-state index contributed by atoms with van der Waals surface area (Å²) in [5.74, 6) is 0. The van der Waals surface area contributed by atoms with Gasteiger partial charge in [0.2, 0.25) is 0 Å². The standard InChI is InChI=1S/C16H27N3/c1-2-17-13-8-4-3-5-10-15(13)19-12-18-14-9-6-7-11-16(14)19/h12-13,15,17H,2-11H2,1H3. The lowest BCUT2D eigenvalue weighted by molar-refractivity contribution is 0.327. The normalized spacial score (nSPS) is 27.8. The number of nitrogens with zero attached hydrogens (tertiary/aromatic N) is 2. The molecule has 1 aromatic rings. The van der Waals surface area contributed by atoms with Crippen molar-refractivity contribution in [2.45, 2.75) is 76.8 Å². The van der Waals surface area contributed by atoms with Crippen LogP contribution in [-0.2, 0) is 12.8 Å². The third-order valence-corrected chi connectivity index (χ3v) is 4.86. The number of hydrogen-bond acceptors (Lipinski definition) is 2. The first-order valence-electron chi connectivity index (χ1n) is 8.18. The summed E-state index contributed by atoms with van der Waals surface area (Å²) in [5, 5.41) is 3.72. The Morgan fingerprint density at radius 3 is 2.89 bits per heavy atom. The smallest absolute Gasteiger partial charge is 0.0954 e.